The van der Waals surface area contributed by atoms with Gasteiger partial charge in [-0.3, -0.25) is 4.79 Å². The van der Waals surface area contributed by atoms with Crippen molar-refractivity contribution in [2.24, 2.45) is 0 Å². The minimum Gasteiger partial charge on any atom is -0.255 e. The number of hydrogen-bond donors (Lipinski definition) is 0. The van der Waals surface area contributed by atoms with Crippen LogP contribution in [0.4, 0.5) is 0 Å². The third kappa shape index (κ3) is 2.24. The van der Waals surface area contributed by atoms with Crippen molar-refractivity contribution in [3.05, 3.63) is 56.1 Å². The Morgan fingerprint density at radius 2 is 1.53 bits per heavy atom. The molecule has 0 bridgehead atoms. The Hall–Kier alpha value is -2.51. The molecule has 1 amide bonds. The standard InChI is InChI=1S/C7H5N3O5/c11-7(6-4-2-1-3-5-6)8(9(12)13)10(14)15/h1-5H. The van der Waals surface area contributed by atoms with Crippen LogP contribution in [0.1, 0.15) is 10.4 Å². The molecule has 0 radical (unpaired) electrons. The van der Waals surface area contributed by atoms with E-state index in [1.807, 2.05) is 0 Å². The van der Waals surface area contributed by atoms with E-state index in [2.05, 4.69) is 0 Å². The van der Waals surface area contributed by atoms with Crippen LogP contribution in [-0.4, -0.2) is 21.1 Å². The van der Waals surface area contributed by atoms with Gasteiger partial charge in [0.15, 0.2) is 0 Å². The van der Waals surface area contributed by atoms with E-state index in [-0.39, 0.29) is 5.56 Å². The molecular formula is C7H5N3O5. The third-order valence-corrected chi connectivity index (χ3v) is 1.51. The molecule has 0 aliphatic heterocycles. The summed E-state index contributed by atoms with van der Waals surface area (Å²) in [6, 6.07) is 6.99. The summed E-state index contributed by atoms with van der Waals surface area (Å²) in [6.07, 6.45) is 0. The van der Waals surface area contributed by atoms with Crippen molar-refractivity contribution < 1.29 is 14.9 Å². The van der Waals surface area contributed by atoms with E-state index in [0.29, 0.717) is 0 Å². The fraction of sp³-hybridized carbons (Fsp3) is 0. The number of nitrogens with zero attached hydrogens (tertiary/aromatic N) is 3. The molecular weight excluding hydrogens is 206 g/mol. The van der Waals surface area contributed by atoms with Crippen molar-refractivity contribution in [2.45, 2.75) is 0 Å². The Kier molecular flexibility index (Phi) is 2.91. The molecule has 1 aromatic carbocycles. The molecule has 0 saturated heterocycles. The number of benzene rings is 1. The second-order valence-corrected chi connectivity index (χ2v) is 2.44. The van der Waals surface area contributed by atoms with Gasteiger partial charge >= 0.3 is 5.91 Å². The van der Waals surface area contributed by atoms with E-state index >= 15 is 0 Å². The molecule has 0 aromatic heterocycles. The first-order chi connectivity index (χ1) is 7.04. The lowest BCUT2D eigenvalue weighted by molar-refractivity contribution is -0.882. The summed E-state index contributed by atoms with van der Waals surface area (Å²) in [7, 11) is 0. The van der Waals surface area contributed by atoms with Crippen LogP contribution < -0.4 is 0 Å². The van der Waals surface area contributed by atoms with Crippen molar-refractivity contribution in [2.75, 3.05) is 0 Å². The van der Waals surface area contributed by atoms with E-state index in [0.717, 1.165) is 0 Å². The predicted octanol–water partition coefficient (Wildman–Crippen LogP) is 0.512. The van der Waals surface area contributed by atoms with Gasteiger partial charge in [-0.1, -0.05) is 18.2 Å². The molecule has 0 N–H and O–H groups in total. The third-order valence-electron chi connectivity index (χ3n) is 1.51. The quantitative estimate of drug-likeness (QED) is 0.534. The fourth-order valence-corrected chi connectivity index (χ4v) is 0.904. The normalized spacial score (nSPS) is 9.33. The lowest BCUT2D eigenvalue weighted by Gasteiger charge is -2.01. The van der Waals surface area contributed by atoms with Crippen molar-refractivity contribution >= 4 is 5.91 Å². The highest BCUT2D eigenvalue weighted by atomic mass is 16.8. The van der Waals surface area contributed by atoms with Gasteiger partial charge in [-0.2, -0.15) is 0 Å². The lowest BCUT2D eigenvalue weighted by Crippen LogP contribution is -2.40. The maximum Gasteiger partial charge on any atom is 0.388 e. The summed E-state index contributed by atoms with van der Waals surface area (Å²) in [5.74, 6) is -1.29. The SMILES string of the molecule is O=C(c1ccccc1)N([N+](=O)[O-])[N+](=O)[O-]. The molecule has 0 saturated carbocycles. The van der Waals surface area contributed by atoms with Crippen molar-refractivity contribution in [3.63, 3.8) is 0 Å². The summed E-state index contributed by atoms with van der Waals surface area (Å²) in [5, 5.41) is 17.0. The number of carbonyl (C=O) groups is 1. The largest absolute Gasteiger partial charge is 0.388 e. The van der Waals surface area contributed by atoms with Gasteiger partial charge in [-0.15, -0.1) is 0 Å². The van der Waals surface area contributed by atoms with Crippen LogP contribution in [0.15, 0.2) is 30.3 Å². The number of hydrogen-bond acceptors (Lipinski definition) is 5. The van der Waals surface area contributed by atoms with Gasteiger partial charge < -0.3 is 0 Å². The molecule has 0 aliphatic rings. The van der Waals surface area contributed by atoms with Crippen LogP contribution in [0.5, 0.6) is 0 Å². The van der Waals surface area contributed by atoms with Gasteiger partial charge in [-0.25, -0.2) is 20.2 Å². The topological polar surface area (TPSA) is 107 Å². The highest BCUT2D eigenvalue weighted by Crippen LogP contribution is 2.04. The van der Waals surface area contributed by atoms with Gasteiger partial charge in [-0.05, 0) is 12.1 Å². The summed E-state index contributed by atoms with van der Waals surface area (Å²) >= 11 is 0. The Labute approximate surface area is 83.0 Å². The predicted molar refractivity (Wildman–Crippen MR) is 46.6 cm³/mol. The van der Waals surface area contributed by atoms with E-state index in [1.165, 1.54) is 24.3 Å². The number of nitro groups is 2. The average Bonchev–Trinajstić information content (AvgIpc) is 2.18. The fourth-order valence-electron chi connectivity index (χ4n) is 0.904. The van der Waals surface area contributed by atoms with Crippen molar-refractivity contribution in [1.82, 2.24) is 5.12 Å². The molecule has 0 fully saturated rings. The Bertz CT molecular complexity index is 390. The first kappa shape index (κ1) is 10.6. The Balaban J connectivity index is 3.02. The van der Waals surface area contributed by atoms with Crippen LogP contribution in [0, 0.1) is 20.2 Å². The van der Waals surface area contributed by atoms with Crippen LogP contribution in [-0.2, 0) is 0 Å². The number of carbonyl (C=O) groups excluding carboxylic acids is 1. The Morgan fingerprint density at radius 3 is 1.93 bits per heavy atom. The first-order valence-corrected chi connectivity index (χ1v) is 3.72. The highest BCUT2D eigenvalue weighted by molar-refractivity contribution is 5.92. The lowest BCUT2D eigenvalue weighted by atomic mass is 10.2. The minimum absolute atomic E-state index is 0.120. The van der Waals surface area contributed by atoms with Crippen molar-refractivity contribution in [3.8, 4) is 0 Å². The molecule has 0 heterocycles. The first-order valence-electron chi connectivity index (χ1n) is 3.72. The smallest absolute Gasteiger partial charge is 0.255 e. The zero-order valence-electron chi connectivity index (χ0n) is 7.27. The van der Waals surface area contributed by atoms with E-state index in [9.17, 15) is 25.0 Å². The highest BCUT2D eigenvalue weighted by Gasteiger charge is 2.37. The van der Waals surface area contributed by atoms with Crippen LogP contribution >= 0.6 is 0 Å². The molecule has 1 rings (SSSR count). The van der Waals surface area contributed by atoms with Crippen LogP contribution in [0.3, 0.4) is 0 Å². The van der Waals surface area contributed by atoms with Gasteiger partial charge in [0.05, 0.1) is 5.56 Å². The maximum absolute atomic E-state index is 11.3. The van der Waals surface area contributed by atoms with Crippen LogP contribution in [0.2, 0.25) is 0 Å². The second kappa shape index (κ2) is 4.13. The summed E-state index contributed by atoms with van der Waals surface area (Å²) in [5.41, 5.74) is -0.120. The molecule has 0 aliphatic carbocycles. The molecule has 0 atom stereocenters. The van der Waals surface area contributed by atoms with E-state index in [4.69, 9.17) is 0 Å². The number of amides is 1. The zero-order chi connectivity index (χ0) is 11.4. The van der Waals surface area contributed by atoms with Gasteiger partial charge in [0.2, 0.25) is 15.2 Å². The number of rotatable bonds is 3. The average molecular weight is 211 g/mol. The van der Waals surface area contributed by atoms with Gasteiger partial charge in [0.1, 0.15) is 0 Å². The second-order valence-electron chi connectivity index (χ2n) is 2.44. The Morgan fingerprint density at radius 1 is 1.07 bits per heavy atom. The maximum atomic E-state index is 11.3. The minimum atomic E-state index is -1.38. The summed E-state index contributed by atoms with van der Waals surface area (Å²) in [4.78, 5) is 31.7. The van der Waals surface area contributed by atoms with E-state index in [1.54, 1.807) is 6.07 Å². The molecule has 8 heteroatoms. The number of hydrazine groups is 2. The summed E-state index contributed by atoms with van der Waals surface area (Å²) in [6.45, 7) is 0. The molecule has 0 spiro atoms. The molecule has 78 valence electrons. The zero-order valence-corrected chi connectivity index (χ0v) is 7.27. The molecule has 1 aromatic rings. The molecule has 15 heavy (non-hydrogen) atoms. The van der Waals surface area contributed by atoms with Crippen molar-refractivity contribution in [1.29, 1.82) is 0 Å². The van der Waals surface area contributed by atoms with Gasteiger partial charge in [0.25, 0.3) is 0 Å². The van der Waals surface area contributed by atoms with Gasteiger partial charge in [0, 0.05) is 0 Å². The molecule has 8 nitrogen and oxygen atoms in total. The molecule has 0 unspecified atom stereocenters. The van der Waals surface area contributed by atoms with Crippen LogP contribution in [0.25, 0.3) is 0 Å². The van der Waals surface area contributed by atoms with E-state index < -0.39 is 21.1 Å². The monoisotopic (exact) mass is 211 g/mol. The summed E-state index contributed by atoms with van der Waals surface area (Å²) < 4.78 is 0.